The Morgan fingerprint density at radius 3 is 2.96 bits per heavy atom. The summed E-state index contributed by atoms with van der Waals surface area (Å²) in [6.45, 7) is 5.21. The summed E-state index contributed by atoms with van der Waals surface area (Å²) in [5.74, 6) is 1.81. The zero-order valence-electron chi connectivity index (χ0n) is 14.4. The lowest BCUT2D eigenvalue weighted by atomic mass is 10.1. The largest absolute Gasteiger partial charge is 0.356 e. The van der Waals surface area contributed by atoms with Crippen LogP contribution in [-0.4, -0.2) is 40.2 Å². The van der Waals surface area contributed by atoms with Crippen LogP contribution in [0.5, 0.6) is 0 Å². The van der Waals surface area contributed by atoms with Gasteiger partial charge < -0.3 is 10.6 Å². The molecule has 6 heteroatoms. The molecule has 2 rings (SSSR count). The van der Waals surface area contributed by atoms with Gasteiger partial charge in [0.05, 0.1) is 0 Å². The first-order chi connectivity index (χ1) is 11.2. The van der Waals surface area contributed by atoms with Crippen molar-refractivity contribution in [3.8, 4) is 0 Å². The van der Waals surface area contributed by atoms with E-state index in [4.69, 9.17) is 0 Å². The highest BCUT2D eigenvalue weighted by molar-refractivity contribution is 5.79. The quantitative estimate of drug-likeness (QED) is 0.446. The van der Waals surface area contributed by atoms with E-state index in [1.165, 1.54) is 25.7 Å². The van der Waals surface area contributed by atoms with Crippen LogP contribution in [0.15, 0.2) is 29.4 Å². The van der Waals surface area contributed by atoms with Crippen molar-refractivity contribution in [3.63, 3.8) is 0 Å². The monoisotopic (exact) mass is 316 g/mol. The smallest absolute Gasteiger partial charge is 0.191 e. The minimum absolute atomic E-state index is 0.432. The molecule has 0 radical (unpaired) electrons. The van der Waals surface area contributed by atoms with Crippen molar-refractivity contribution in [2.75, 3.05) is 13.6 Å². The van der Waals surface area contributed by atoms with Gasteiger partial charge in [-0.2, -0.15) is 0 Å². The minimum Gasteiger partial charge on any atom is -0.356 e. The summed E-state index contributed by atoms with van der Waals surface area (Å²) in [5.41, 5.74) is 0.884. The Balaban J connectivity index is 1.77. The number of hydrogen-bond donors (Lipinski definition) is 2. The molecule has 2 aromatic rings. The second kappa shape index (κ2) is 9.12. The Labute approximate surface area is 138 Å². The fourth-order valence-electron chi connectivity index (χ4n) is 2.55. The molecule has 0 saturated carbocycles. The van der Waals surface area contributed by atoms with Crippen molar-refractivity contribution in [2.24, 2.45) is 4.99 Å². The molecule has 0 saturated heterocycles. The Kier molecular flexibility index (Phi) is 6.84. The summed E-state index contributed by atoms with van der Waals surface area (Å²) in [7, 11) is 1.81. The summed E-state index contributed by atoms with van der Waals surface area (Å²) in [6, 6.07) is 6.35. The van der Waals surface area contributed by atoms with Crippen molar-refractivity contribution in [2.45, 2.75) is 52.0 Å². The predicted molar refractivity (Wildman–Crippen MR) is 94.8 cm³/mol. The fraction of sp³-hybridized carbons (Fsp3) is 0.588. The highest BCUT2D eigenvalue weighted by Crippen LogP contribution is 2.04. The molecule has 0 aliphatic rings. The predicted octanol–water partition coefficient (Wildman–Crippen LogP) is 2.41. The Morgan fingerprint density at radius 1 is 1.30 bits per heavy atom. The standard InChI is InChI=1S/C17H28N6/c1-4-5-6-9-14(2)20-17(18-3)19-12-11-16-22-21-15-10-7-8-13-23(15)16/h7-8,10,13-14H,4-6,9,11-12H2,1-3H3,(H2,18,19,20). The van der Waals surface area contributed by atoms with Crippen molar-refractivity contribution < 1.29 is 0 Å². The zero-order chi connectivity index (χ0) is 16.5. The summed E-state index contributed by atoms with van der Waals surface area (Å²) >= 11 is 0. The summed E-state index contributed by atoms with van der Waals surface area (Å²) < 4.78 is 2.02. The molecule has 0 fully saturated rings. The van der Waals surface area contributed by atoms with Gasteiger partial charge >= 0.3 is 0 Å². The highest BCUT2D eigenvalue weighted by atomic mass is 15.2. The van der Waals surface area contributed by atoms with Crippen LogP contribution >= 0.6 is 0 Å². The number of nitrogens with zero attached hydrogens (tertiary/aromatic N) is 4. The van der Waals surface area contributed by atoms with Crippen molar-refractivity contribution in [1.82, 2.24) is 25.2 Å². The third kappa shape index (κ3) is 5.23. The van der Waals surface area contributed by atoms with Gasteiger partial charge in [-0.25, -0.2) is 0 Å². The number of aliphatic imine (C=N–C) groups is 1. The Bertz CT molecular complexity index is 618. The van der Waals surface area contributed by atoms with E-state index < -0.39 is 0 Å². The lowest BCUT2D eigenvalue weighted by Gasteiger charge is -2.17. The number of aromatic nitrogens is 3. The second-order valence-corrected chi connectivity index (χ2v) is 5.84. The average Bonchev–Trinajstić information content (AvgIpc) is 2.97. The van der Waals surface area contributed by atoms with Gasteiger partial charge in [-0.1, -0.05) is 32.3 Å². The molecule has 126 valence electrons. The maximum atomic E-state index is 4.29. The molecule has 1 atom stereocenters. The average molecular weight is 316 g/mol. The van der Waals surface area contributed by atoms with E-state index in [1.807, 2.05) is 28.8 Å². The first kappa shape index (κ1) is 17.2. The van der Waals surface area contributed by atoms with Crippen LogP contribution in [0.25, 0.3) is 5.65 Å². The minimum atomic E-state index is 0.432. The first-order valence-electron chi connectivity index (χ1n) is 8.50. The maximum Gasteiger partial charge on any atom is 0.191 e. The third-order valence-electron chi connectivity index (χ3n) is 3.87. The third-order valence-corrected chi connectivity index (χ3v) is 3.87. The van der Waals surface area contributed by atoms with Gasteiger partial charge in [0, 0.05) is 32.3 Å². The maximum absolute atomic E-state index is 4.29. The molecule has 0 aromatic carbocycles. The zero-order valence-corrected chi connectivity index (χ0v) is 14.4. The molecular formula is C17H28N6. The van der Waals surface area contributed by atoms with Gasteiger partial charge in [0.1, 0.15) is 5.82 Å². The van der Waals surface area contributed by atoms with Crippen molar-refractivity contribution in [3.05, 3.63) is 30.2 Å². The normalized spacial score (nSPS) is 13.3. The summed E-state index contributed by atoms with van der Waals surface area (Å²) in [5, 5.41) is 15.2. The fourth-order valence-corrected chi connectivity index (χ4v) is 2.55. The highest BCUT2D eigenvalue weighted by Gasteiger charge is 2.07. The van der Waals surface area contributed by atoms with E-state index in [0.29, 0.717) is 6.04 Å². The molecular weight excluding hydrogens is 288 g/mol. The number of rotatable bonds is 8. The molecule has 0 aliphatic carbocycles. The van der Waals surface area contributed by atoms with Crippen LogP contribution in [0.1, 0.15) is 45.4 Å². The van der Waals surface area contributed by atoms with E-state index in [9.17, 15) is 0 Å². The Hall–Kier alpha value is -2.11. The van der Waals surface area contributed by atoms with Gasteiger partial charge in [0.2, 0.25) is 0 Å². The molecule has 0 spiro atoms. The van der Waals surface area contributed by atoms with Gasteiger partial charge in [-0.3, -0.25) is 9.39 Å². The molecule has 2 N–H and O–H groups in total. The van der Waals surface area contributed by atoms with E-state index in [0.717, 1.165) is 30.4 Å². The molecule has 1 unspecified atom stereocenters. The SMILES string of the molecule is CCCCCC(C)NC(=NC)NCCc1nnc2ccccn12. The number of fused-ring (bicyclic) bond motifs is 1. The van der Waals surface area contributed by atoms with Crippen LogP contribution in [0.2, 0.25) is 0 Å². The molecule has 0 bridgehead atoms. The number of guanidine groups is 1. The summed E-state index contributed by atoms with van der Waals surface area (Å²) in [6.07, 6.45) is 7.77. The first-order valence-corrected chi connectivity index (χ1v) is 8.50. The number of pyridine rings is 1. The molecule has 0 amide bonds. The topological polar surface area (TPSA) is 66.6 Å². The molecule has 23 heavy (non-hydrogen) atoms. The van der Waals surface area contributed by atoms with E-state index in [-0.39, 0.29) is 0 Å². The van der Waals surface area contributed by atoms with Crippen LogP contribution in [0.3, 0.4) is 0 Å². The van der Waals surface area contributed by atoms with E-state index >= 15 is 0 Å². The van der Waals surface area contributed by atoms with Gasteiger partial charge in [0.25, 0.3) is 0 Å². The summed E-state index contributed by atoms with van der Waals surface area (Å²) in [4.78, 5) is 4.29. The molecule has 0 aliphatic heterocycles. The number of unbranched alkanes of at least 4 members (excludes halogenated alkanes) is 2. The number of nitrogens with one attached hydrogen (secondary N) is 2. The van der Waals surface area contributed by atoms with Gasteiger partial charge in [0.15, 0.2) is 11.6 Å². The van der Waals surface area contributed by atoms with Crippen molar-refractivity contribution >= 4 is 11.6 Å². The van der Waals surface area contributed by atoms with Crippen molar-refractivity contribution in [1.29, 1.82) is 0 Å². The van der Waals surface area contributed by atoms with Crippen LogP contribution in [0.4, 0.5) is 0 Å². The van der Waals surface area contributed by atoms with Gasteiger partial charge in [-0.15, -0.1) is 10.2 Å². The lowest BCUT2D eigenvalue weighted by molar-refractivity contribution is 0.546. The number of hydrogen-bond acceptors (Lipinski definition) is 3. The molecule has 2 heterocycles. The second-order valence-electron chi connectivity index (χ2n) is 5.84. The Morgan fingerprint density at radius 2 is 2.17 bits per heavy atom. The molecule has 6 nitrogen and oxygen atoms in total. The van der Waals surface area contributed by atoms with E-state index in [1.54, 1.807) is 7.05 Å². The van der Waals surface area contributed by atoms with Gasteiger partial charge in [-0.05, 0) is 25.5 Å². The van der Waals surface area contributed by atoms with E-state index in [2.05, 4.69) is 39.7 Å². The lowest BCUT2D eigenvalue weighted by Crippen LogP contribution is -2.43. The van der Waals surface area contributed by atoms with Crippen LogP contribution in [0, 0.1) is 0 Å². The van der Waals surface area contributed by atoms with Crippen LogP contribution in [-0.2, 0) is 6.42 Å². The molecule has 2 aromatic heterocycles. The van der Waals surface area contributed by atoms with Crippen LogP contribution < -0.4 is 10.6 Å².